The third kappa shape index (κ3) is 5.81. The fraction of sp³-hybridized carbons (Fsp3) is 0.520. The monoisotopic (exact) mass is 473 g/mol. The highest BCUT2D eigenvalue weighted by Gasteiger charge is 2.41. The van der Waals surface area contributed by atoms with Crippen LogP contribution < -0.4 is 4.90 Å². The van der Waals surface area contributed by atoms with Gasteiger partial charge in [-0.2, -0.15) is 10.00 Å². The molecule has 8 nitrogen and oxygen atoms in total. The van der Waals surface area contributed by atoms with Crippen molar-refractivity contribution < 1.29 is 28.2 Å². The Labute approximate surface area is 199 Å². The predicted molar refractivity (Wildman–Crippen MR) is 124 cm³/mol. The maximum absolute atomic E-state index is 14.6. The van der Waals surface area contributed by atoms with Crippen molar-refractivity contribution in [1.29, 1.82) is 0 Å². The van der Waals surface area contributed by atoms with Crippen LogP contribution in [0, 0.1) is 0 Å². The Morgan fingerprint density at radius 1 is 1.12 bits per heavy atom. The maximum atomic E-state index is 14.6. The minimum atomic E-state index is -1.67. The Morgan fingerprint density at radius 3 is 2.29 bits per heavy atom. The summed E-state index contributed by atoms with van der Waals surface area (Å²) in [5, 5.41) is 4.52. The molecule has 0 saturated heterocycles. The molecule has 34 heavy (non-hydrogen) atoms. The van der Waals surface area contributed by atoms with Crippen LogP contribution in [0.4, 0.5) is 19.8 Å². The number of ketones is 1. The molecule has 1 aliphatic carbocycles. The van der Waals surface area contributed by atoms with Crippen LogP contribution >= 0.6 is 0 Å². The molecule has 0 radical (unpaired) electrons. The number of nitrogens with zero attached hydrogens (tertiary/aromatic N) is 3. The van der Waals surface area contributed by atoms with Gasteiger partial charge in [0.2, 0.25) is 0 Å². The van der Waals surface area contributed by atoms with E-state index in [1.807, 2.05) is 39.0 Å². The highest BCUT2D eigenvalue weighted by molar-refractivity contribution is 6.08. The van der Waals surface area contributed by atoms with E-state index in [0.717, 1.165) is 10.5 Å². The van der Waals surface area contributed by atoms with E-state index in [-0.39, 0.29) is 18.8 Å². The zero-order valence-corrected chi connectivity index (χ0v) is 20.5. The lowest BCUT2D eigenvalue weighted by atomic mass is 10.0. The van der Waals surface area contributed by atoms with Crippen molar-refractivity contribution in [1.82, 2.24) is 9.78 Å². The molecule has 9 heteroatoms. The van der Waals surface area contributed by atoms with E-state index in [9.17, 15) is 18.8 Å². The molecule has 184 valence electrons. The average molecular weight is 474 g/mol. The third-order valence-corrected chi connectivity index (χ3v) is 5.28. The van der Waals surface area contributed by atoms with Crippen molar-refractivity contribution in [2.75, 3.05) is 4.90 Å². The lowest BCUT2D eigenvalue weighted by Crippen LogP contribution is -2.43. The Balaban J connectivity index is 2.02. The Morgan fingerprint density at radius 2 is 1.76 bits per heavy atom. The molecule has 0 aliphatic heterocycles. The number of anilines is 1. The van der Waals surface area contributed by atoms with Crippen LogP contribution in [0.5, 0.6) is 0 Å². The third-order valence-electron chi connectivity index (χ3n) is 5.28. The van der Waals surface area contributed by atoms with Gasteiger partial charge in [0.25, 0.3) is 0 Å². The van der Waals surface area contributed by atoms with Crippen LogP contribution in [0.3, 0.4) is 0 Å². The fourth-order valence-electron chi connectivity index (χ4n) is 3.68. The second-order valence-electron chi connectivity index (χ2n) is 10.4. The molecule has 2 aromatic rings. The number of carbonyl (C=O) groups excluding carboxylic acids is 3. The molecular formula is C25H32FN3O5. The molecule has 1 heterocycles. The lowest BCUT2D eigenvalue weighted by Gasteiger charge is -2.29. The SMILES string of the molecule is CC(C)(C)OC(=O)N(C(=O)OCc1ccccc1)c1cc([C@@H]2CCC(=O)[C@@H]2F)nn1C(C)(C)C. The van der Waals surface area contributed by atoms with Crippen molar-refractivity contribution in [3.05, 3.63) is 47.7 Å². The van der Waals surface area contributed by atoms with Gasteiger partial charge in [0, 0.05) is 18.4 Å². The molecule has 3 rings (SSSR count). The summed E-state index contributed by atoms with van der Waals surface area (Å²) >= 11 is 0. The second-order valence-corrected chi connectivity index (χ2v) is 10.4. The first-order chi connectivity index (χ1) is 15.8. The van der Waals surface area contributed by atoms with E-state index in [0.29, 0.717) is 12.1 Å². The fourth-order valence-corrected chi connectivity index (χ4v) is 3.68. The van der Waals surface area contributed by atoms with E-state index >= 15 is 0 Å². The zero-order valence-electron chi connectivity index (χ0n) is 20.5. The van der Waals surface area contributed by atoms with Gasteiger partial charge in [-0.05, 0) is 53.5 Å². The van der Waals surface area contributed by atoms with Crippen LogP contribution in [0.2, 0.25) is 0 Å². The summed E-state index contributed by atoms with van der Waals surface area (Å²) in [5.41, 5.74) is -0.517. The Kier molecular flexibility index (Phi) is 7.14. The summed E-state index contributed by atoms with van der Waals surface area (Å²) in [6, 6.07) is 10.5. The number of ether oxygens (including phenoxy) is 2. The first-order valence-electron chi connectivity index (χ1n) is 11.3. The molecule has 0 bridgehead atoms. The van der Waals surface area contributed by atoms with Crippen molar-refractivity contribution in [3.63, 3.8) is 0 Å². The van der Waals surface area contributed by atoms with E-state index < -0.39 is 41.2 Å². The number of rotatable bonds is 4. The minimum absolute atomic E-state index is 0.0564. The van der Waals surface area contributed by atoms with Crippen LogP contribution in [0.25, 0.3) is 0 Å². The normalized spacial score (nSPS) is 18.6. The number of Topliss-reactive ketones (excluding diaryl/α,β-unsaturated/α-hetero) is 1. The quantitative estimate of drug-likeness (QED) is 0.582. The van der Waals surface area contributed by atoms with Crippen molar-refractivity contribution >= 4 is 23.8 Å². The predicted octanol–water partition coefficient (Wildman–Crippen LogP) is 5.50. The van der Waals surface area contributed by atoms with Gasteiger partial charge in [0.1, 0.15) is 18.0 Å². The molecule has 1 saturated carbocycles. The summed E-state index contributed by atoms with van der Waals surface area (Å²) in [5.74, 6) is -1.12. The van der Waals surface area contributed by atoms with Crippen molar-refractivity contribution in [3.8, 4) is 0 Å². The van der Waals surface area contributed by atoms with Gasteiger partial charge in [-0.3, -0.25) is 4.79 Å². The van der Waals surface area contributed by atoms with Gasteiger partial charge in [0.05, 0.1) is 11.2 Å². The Bertz CT molecular complexity index is 1050. The summed E-state index contributed by atoms with van der Waals surface area (Å²) in [4.78, 5) is 39.0. The molecular weight excluding hydrogens is 441 g/mol. The van der Waals surface area contributed by atoms with Crippen LogP contribution in [-0.2, 0) is 26.4 Å². The number of aromatic nitrogens is 2. The van der Waals surface area contributed by atoms with Gasteiger partial charge in [-0.15, -0.1) is 0 Å². The number of hydrogen-bond acceptors (Lipinski definition) is 6. The smallest absolute Gasteiger partial charge is 0.425 e. The van der Waals surface area contributed by atoms with Crippen molar-refractivity contribution in [2.45, 2.75) is 84.2 Å². The number of hydrogen-bond donors (Lipinski definition) is 0. The Hall–Kier alpha value is -3.23. The largest absolute Gasteiger partial charge is 0.444 e. The topological polar surface area (TPSA) is 90.7 Å². The molecule has 0 N–H and O–H groups in total. The molecule has 1 aliphatic rings. The number of imide groups is 1. The molecule has 0 unspecified atom stereocenters. The summed E-state index contributed by atoms with van der Waals surface area (Å²) in [6.07, 6.45) is -3.13. The molecule has 2 atom stereocenters. The van der Waals surface area contributed by atoms with E-state index in [2.05, 4.69) is 5.10 Å². The molecule has 1 aromatic heterocycles. The van der Waals surface area contributed by atoms with Crippen LogP contribution in [0.1, 0.15) is 71.6 Å². The van der Waals surface area contributed by atoms with Gasteiger partial charge in [-0.25, -0.2) is 18.7 Å². The average Bonchev–Trinajstić information content (AvgIpc) is 3.30. The van der Waals surface area contributed by atoms with Crippen molar-refractivity contribution in [2.24, 2.45) is 0 Å². The van der Waals surface area contributed by atoms with Crippen LogP contribution in [-0.4, -0.2) is 39.5 Å². The van der Waals surface area contributed by atoms with Gasteiger partial charge >= 0.3 is 12.2 Å². The number of amides is 2. The lowest BCUT2D eigenvalue weighted by molar-refractivity contribution is -0.121. The minimum Gasteiger partial charge on any atom is -0.444 e. The number of alkyl halides is 1. The number of halogens is 1. The van der Waals surface area contributed by atoms with E-state index in [1.54, 1.807) is 32.9 Å². The summed E-state index contributed by atoms with van der Waals surface area (Å²) in [6.45, 7) is 10.5. The molecule has 0 spiro atoms. The molecule has 1 fully saturated rings. The first kappa shape index (κ1) is 25.4. The van der Waals surface area contributed by atoms with Gasteiger partial charge in [-0.1, -0.05) is 30.3 Å². The standard InChI is InChI=1S/C25H32FN3O5/c1-24(2,3)29-20(14-18(27-29)17-12-13-19(30)21(17)26)28(23(32)34-25(4,5)6)22(31)33-15-16-10-8-7-9-11-16/h7-11,14,17,21H,12-13,15H2,1-6H3/t17-,21+/m0/s1. The summed E-state index contributed by atoms with van der Waals surface area (Å²) < 4.78 is 26.9. The molecule has 2 amide bonds. The number of benzene rings is 1. The van der Waals surface area contributed by atoms with Gasteiger partial charge < -0.3 is 9.47 Å². The zero-order chi connectivity index (χ0) is 25.3. The van der Waals surface area contributed by atoms with Crippen LogP contribution in [0.15, 0.2) is 36.4 Å². The summed E-state index contributed by atoms with van der Waals surface area (Å²) in [7, 11) is 0. The molecule has 1 aromatic carbocycles. The van der Waals surface area contributed by atoms with E-state index in [1.165, 1.54) is 10.7 Å². The maximum Gasteiger partial charge on any atom is 0.425 e. The highest BCUT2D eigenvalue weighted by Crippen LogP contribution is 2.37. The number of carbonyl (C=O) groups is 3. The van der Waals surface area contributed by atoms with Gasteiger partial charge in [0.15, 0.2) is 12.0 Å². The first-order valence-corrected chi connectivity index (χ1v) is 11.3. The highest BCUT2D eigenvalue weighted by atomic mass is 19.1. The van der Waals surface area contributed by atoms with E-state index in [4.69, 9.17) is 9.47 Å². The second kappa shape index (κ2) is 9.56.